The molecule has 0 radical (unpaired) electrons. The summed E-state index contributed by atoms with van der Waals surface area (Å²) in [7, 11) is -0.595. The summed E-state index contributed by atoms with van der Waals surface area (Å²) in [6.45, 7) is 0. The number of rotatable bonds is 6. The summed E-state index contributed by atoms with van der Waals surface area (Å²) in [5.74, 6) is 0. The van der Waals surface area contributed by atoms with Crippen LogP contribution in [0.3, 0.4) is 0 Å². The van der Waals surface area contributed by atoms with Crippen LogP contribution in [0.25, 0.3) is 11.3 Å². The van der Waals surface area contributed by atoms with E-state index in [1.807, 2.05) is 0 Å². The minimum Gasteiger partial charge on any atom is -0.355 e. The van der Waals surface area contributed by atoms with Crippen LogP contribution in [0.1, 0.15) is 0 Å². The first-order chi connectivity index (χ1) is 13.6. The Bertz CT molecular complexity index is 1130. The van der Waals surface area contributed by atoms with E-state index >= 15 is 0 Å². The molecule has 1 heterocycles. The average molecular weight is 442 g/mol. The number of sulfonamides is 1. The van der Waals surface area contributed by atoms with Gasteiger partial charge in [0.05, 0.1) is 16.9 Å². The second-order valence-electron chi connectivity index (χ2n) is 6.04. The minimum atomic E-state index is -4.39. The van der Waals surface area contributed by atoms with E-state index in [2.05, 4.69) is 15.0 Å². The second kappa shape index (κ2) is 8.09. The van der Waals surface area contributed by atoms with E-state index < -0.39 is 15.5 Å². The zero-order valence-corrected chi connectivity index (χ0v) is 17.0. The van der Waals surface area contributed by atoms with Crippen LogP contribution in [0.2, 0.25) is 0 Å². The number of nitrogens with one attached hydrogen (secondary N) is 2. The van der Waals surface area contributed by atoms with Gasteiger partial charge in [-0.1, -0.05) is 6.07 Å². The molecule has 11 heteroatoms. The maximum absolute atomic E-state index is 12.6. The van der Waals surface area contributed by atoms with Gasteiger partial charge in [-0.25, -0.2) is 18.1 Å². The molecule has 2 aromatic carbocycles. The van der Waals surface area contributed by atoms with E-state index in [4.69, 9.17) is 0 Å². The molecule has 0 aliphatic carbocycles. The van der Waals surface area contributed by atoms with Gasteiger partial charge in [0.2, 0.25) is 10.0 Å². The molecule has 0 saturated heterocycles. The van der Waals surface area contributed by atoms with Gasteiger partial charge in [-0.2, -0.15) is 13.2 Å². The molecule has 0 saturated carbocycles. The van der Waals surface area contributed by atoms with Gasteiger partial charge < -0.3 is 9.88 Å². The van der Waals surface area contributed by atoms with Crippen LogP contribution in [0, 0.1) is 0 Å². The normalized spacial score (nSPS) is 12.2. The van der Waals surface area contributed by atoms with Crippen LogP contribution in [-0.4, -0.2) is 30.5 Å². The number of thioether (sulfide) groups is 1. The fourth-order valence-electron chi connectivity index (χ4n) is 2.61. The molecule has 3 rings (SSSR count). The molecular weight excluding hydrogens is 425 g/mol. The van der Waals surface area contributed by atoms with Crippen molar-refractivity contribution in [2.45, 2.75) is 15.3 Å². The largest absolute Gasteiger partial charge is 0.446 e. The Kier molecular flexibility index (Phi) is 5.92. The molecular formula is C18H17F3N4O2S2. The van der Waals surface area contributed by atoms with Gasteiger partial charge in [0.15, 0.2) is 0 Å². The van der Waals surface area contributed by atoms with Gasteiger partial charge in [-0.3, -0.25) is 0 Å². The fourth-order valence-corrected chi connectivity index (χ4v) is 3.96. The number of aryl methyl sites for hydroxylation is 1. The van der Waals surface area contributed by atoms with E-state index in [1.165, 1.54) is 37.4 Å². The van der Waals surface area contributed by atoms with E-state index in [0.717, 1.165) is 0 Å². The smallest absolute Gasteiger partial charge is 0.355 e. The number of imidazole rings is 1. The zero-order valence-electron chi connectivity index (χ0n) is 15.4. The van der Waals surface area contributed by atoms with Crippen LogP contribution in [0.5, 0.6) is 0 Å². The molecule has 0 aliphatic rings. The SMILES string of the molecule is CNS(=O)(=O)c1ccc(Nc2cccc(SC(F)(F)F)c2)c(-c2cn(C)cn2)c1. The Balaban J connectivity index is 2.02. The molecule has 6 nitrogen and oxygen atoms in total. The number of nitrogens with zero attached hydrogens (tertiary/aromatic N) is 2. The summed E-state index contributed by atoms with van der Waals surface area (Å²) in [6, 6.07) is 10.3. The first kappa shape index (κ1) is 21.2. The van der Waals surface area contributed by atoms with E-state index in [9.17, 15) is 21.6 Å². The fraction of sp³-hybridized carbons (Fsp3) is 0.167. The Morgan fingerprint density at radius 3 is 2.52 bits per heavy atom. The van der Waals surface area contributed by atoms with Crippen LogP contribution in [0.4, 0.5) is 24.5 Å². The topological polar surface area (TPSA) is 76.0 Å². The molecule has 154 valence electrons. The van der Waals surface area contributed by atoms with Crippen LogP contribution in [0.15, 0.2) is 64.8 Å². The number of benzene rings is 2. The molecule has 29 heavy (non-hydrogen) atoms. The van der Waals surface area contributed by atoms with Crippen molar-refractivity contribution >= 4 is 33.2 Å². The third kappa shape index (κ3) is 5.31. The van der Waals surface area contributed by atoms with Crippen LogP contribution >= 0.6 is 11.8 Å². The van der Waals surface area contributed by atoms with Crippen LogP contribution in [-0.2, 0) is 17.1 Å². The third-order valence-corrected chi connectivity index (χ3v) is 6.03. The predicted molar refractivity (Wildman–Crippen MR) is 107 cm³/mol. The quantitative estimate of drug-likeness (QED) is 0.555. The van der Waals surface area contributed by atoms with E-state index in [0.29, 0.717) is 22.6 Å². The average Bonchev–Trinajstić information content (AvgIpc) is 3.07. The van der Waals surface area contributed by atoms with Crippen molar-refractivity contribution in [1.82, 2.24) is 14.3 Å². The van der Waals surface area contributed by atoms with Gasteiger partial charge in [0, 0.05) is 35.1 Å². The molecule has 0 fully saturated rings. The van der Waals surface area contributed by atoms with Crippen molar-refractivity contribution in [3.63, 3.8) is 0 Å². The van der Waals surface area contributed by atoms with E-state index in [-0.39, 0.29) is 21.6 Å². The van der Waals surface area contributed by atoms with E-state index in [1.54, 1.807) is 36.3 Å². The highest BCUT2D eigenvalue weighted by molar-refractivity contribution is 8.00. The van der Waals surface area contributed by atoms with Gasteiger partial charge in [-0.05, 0) is 55.2 Å². The first-order valence-electron chi connectivity index (χ1n) is 8.26. The number of hydrogen-bond acceptors (Lipinski definition) is 5. The monoisotopic (exact) mass is 442 g/mol. The predicted octanol–water partition coefficient (Wildman–Crippen LogP) is 4.35. The number of aromatic nitrogens is 2. The summed E-state index contributed by atoms with van der Waals surface area (Å²) in [5.41, 5.74) is -2.44. The zero-order chi connectivity index (χ0) is 21.2. The Labute approximate surface area is 170 Å². The summed E-state index contributed by atoms with van der Waals surface area (Å²) in [5, 5.41) is 3.06. The lowest BCUT2D eigenvalue weighted by atomic mass is 10.1. The molecule has 0 unspecified atom stereocenters. The molecule has 1 aromatic heterocycles. The number of anilines is 2. The lowest BCUT2D eigenvalue weighted by molar-refractivity contribution is -0.0328. The highest BCUT2D eigenvalue weighted by Gasteiger charge is 2.29. The lowest BCUT2D eigenvalue weighted by Gasteiger charge is -2.14. The molecule has 0 spiro atoms. The number of hydrogen-bond donors (Lipinski definition) is 2. The van der Waals surface area contributed by atoms with Crippen molar-refractivity contribution in [2.24, 2.45) is 7.05 Å². The molecule has 2 N–H and O–H groups in total. The first-order valence-corrected chi connectivity index (χ1v) is 10.6. The summed E-state index contributed by atoms with van der Waals surface area (Å²) in [6.07, 6.45) is 3.28. The van der Waals surface area contributed by atoms with Crippen molar-refractivity contribution in [3.8, 4) is 11.3 Å². The Hall–Kier alpha value is -2.50. The highest BCUT2D eigenvalue weighted by Crippen LogP contribution is 2.38. The molecule has 0 amide bonds. The summed E-state index contributed by atoms with van der Waals surface area (Å²) < 4.78 is 66.2. The highest BCUT2D eigenvalue weighted by atomic mass is 32.2. The van der Waals surface area contributed by atoms with Gasteiger partial charge >= 0.3 is 5.51 Å². The van der Waals surface area contributed by atoms with Gasteiger partial charge in [-0.15, -0.1) is 0 Å². The van der Waals surface area contributed by atoms with Crippen molar-refractivity contribution < 1.29 is 21.6 Å². The Morgan fingerprint density at radius 2 is 1.90 bits per heavy atom. The van der Waals surface area contributed by atoms with Crippen molar-refractivity contribution in [3.05, 3.63) is 55.0 Å². The molecule has 0 atom stereocenters. The lowest BCUT2D eigenvalue weighted by Crippen LogP contribution is -2.18. The Morgan fingerprint density at radius 1 is 1.14 bits per heavy atom. The van der Waals surface area contributed by atoms with Crippen LogP contribution < -0.4 is 10.0 Å². The third-order valence-electron chi connectivity index (χ3n) is 3.90. The van der Waals surface area contributed by atoms with Gasteiger partial charge in [0.1, 0.15) is 0 Å². The standard InChI is InChI=1S/C18H17F3N4O2S2/c1-22-29(26,27)14-6-7-16(15(9-14)17-10-25(2)11-23-17)24-12-4-3-5-13(8-12)28-18(19,20)21/h3-11,22,24H,1-2H3. The molecule has 0 bridgehead atoms. The number of halogens is 3. The molecule has 0 aliphatic heterocycles. The minimum absolute atomic E-state index is 0.0382. The van der Waals surface area contributed by atoms with Gasteiger partial charge in [0.25, 0.3) is 0 Å². The maximum Gasteiger partial charge on any atom is 0.446 e. The summed E-state index contributed by atoms with van der Waals surface area (Å²) in [4.78, 5) is 4.35. The number of alkyl halides is 3. The molecule has 3 aromatic rings. The van der Waals surface area contributed by atoms with Crippen molar-refractivity contribution in [2.75, 3.05) is 12.4 Å². The van der Waals surface area contributed by atoms with Crippen molar-refractivity contribution in [1.29, 1.82) is 0 Å². The summed E-state index contributed by atoms with van der Waals surface area (Å²) >= 11 is -0.205. The maximum atomic E-state index is 12.6. The second-order valence-corrected chi connectivity index (χ2v) is 9.06.